The van der Waals surface area contributed by atoms with Crippen LogP contribution in [0.25, 0.3) is 5.70 Å². The van der Waals surface area contributed by atoms with Gasteiger partial charge in [0.05, 0.1) is 27.0 Å². The number of benzene rings is 3. The van der Waals surface area contributed by atoms with E-state index in [1.54, 1.807) is 27.7 Å². The first-order valence-electron chi connectivity index (χ1n) is 11.3. The maximum Gasteiger partial charge on any atom is 0.226 e. The maximum atomic E-state index is 6.68. The third-order valence-corrected chi connectivity index (χ3v) is 6.77. The van der Waals surface area contributed by atoms with Crippen molar-refractivity contribution in [2.45, 2.75) is 12.1 Å². The highest BCUT2D eigenvalue weighted by Crippen LogP contribution is 2.52. The fraction of sp³-hybridized carbons (Fsp3) is 0.185. The number of ether oxygens (including phenoxy) is 4. The number of anilines is 1. The summed E-state index contributed by atoms with van der Waals surface area (Å²) in [5, 5.41) is 8.66. The molecule has 1 aromatic heterocycles. The van der Waals surface area contributed by atoms with Crippen molar-refractivity contribution in [2.75, 3.05) is 26.6 Å². The Balaban J connectivity index is 1.62. The van der Waals surface area contributed by atoms with Gasteiger partial charge >= 0.3 is 0 Å². The Hall–Kier alpha value is -4.17. The quantitative estimate of drug-likeness (QED) is 0.385. The summed E-state index contributed by atoms with van der Waals surface area (Å²) < 4.78 is 25.1. The van der Waals surface area contributed by atoms with E-state index in [0.29, 0.717) is 28.2 Å². The number of halogens is 1. The molecule has 2 aliphatic rings. The lowest BCUT2D eigenvalue weighted by Gasteiger charge is -2.39. The van der Waals surface area contributed by atoms with E-state index in [4.69, 9.17) is 30.5 Å². The minimum absolute atomic E-state index is 0.311. The Kier molecular flexibility index (Phi) is 5.45. The molecule has 0 bridgehead atoms. The van der Waals surface area contributed by atoms with Gasteiger partial charge in [-0.15, -0.1) is 0 Å². The first-order valence-corrected chi connectivity index (χ1v) is 11.7. The van der Waals surface area contributed by atoms with Gasteiger partial charge < -0.3 is 24.3 Å². The lowest BCUT2D eigenvalue weighted by molar-refractivity contribution is 0.217. The molecule has 4 aromatic rings. The van der Waals surface area contributed by atoms with Crippen LogP contribution in [-0.2, 0) is 0 Å². The minimum atomic E-state index is -0.494. The summed E-state index contributed by atoms with van der Waals surface area (Å²) in [6.45, 7) is 0. The van der Waals surface area contributed by atoms with Gasteiger partial charge in [-0.2, -0.15) is 10.1 Å². The maximum absolute atomic E-state index is 6.68. The molecule has 0 aliphatic carbocycles. The first-order chi connectivity index (χ1) is 17.6. The van der Waals surface area contributed by atoms with Crippen LogP contribution in [0.1, 0.15) is 28.8 Å². The van der Waals surface area contributed by atoms with Gasteiger partial charge in [0.1, 0.15) is 35.4 Å². The zero-order valence-corrected chi connectivity index (χ0v) is 20.6. The normalized spacial score (nSPS) is 17.8. The smallest absolute Gasteiger partial charge is 0.226 e. The molecule has 0 saturated heterocycles. The second kappa shape index (κ2) is 8.80. The van der Waals surface area contributed by atoms with E-state index >= 15 is 0 Å². The van der Waals surface area contributed by atoms with Crippen LogP contribution in [0.5, 0.6) is 23.0 Å². The first kappa shape index (κ1) is 22.3. The van der Waals surface area contributed by atoms with Gasteiger partial charge in [-0.25, -0.2) is 4.68 Å². The Morgan fingerprint density at radius 3 is 2.44 bits per heavy atom. The van der Waals surface area contributed by atoms with Crippen LogP contribution in [-0.4, -0.2) is 36.1 Å². The van der Waals surface area contributed by atoms with Crippen molar-refractivity contribution in [3.8, 4) is 23.0 Å². The van der Waals surface area contributed by atoms with Crippen molar-refractivity contribution >= 4 is 23.2 Å². The highest BCUT2D eigenvalue weighted by atomic mass is 35.5. The van der Waals surface area contributed by atoms with Crippen molar-refractivity contribution in [3.63, 3.8) is 0 Å². The van der Waals surface area contributed by atoms with Gasteiger partial charge in [0.2, 0.25) is 5.95 Å². The van der Waals surface area contributed by atoms with E-state index in [1.165, 1.54) is 0 Å². The molecular formula is C27H23ClN4O4. The fourth-order valence-corrected chi connectivity index (χ4v) is 5.01. The minimum Gasteiger partial charge on any atom is -0.497 e. The molecule has 182 valence electrons. The molecule has 8 nitrogen and oxygen atoms in total. The van der Waals surface area contributed by atoms with Crippen molar-refractivity contribution < 1.29 is 18.9 Å². The summed E-state index contributed by atoms with van der Waals surface area (Å²) in [4.78, 5) is 4.47. The van der Waals surface area contributed by atoms with Gasteiger partial charge in [0, 0.05) is 27.8 Å². The van der Waals surface area contributed by atoms with E-state index < -0.39 is 6.10 Å². The summed E-state index contributed by atoms with van der Waals surface area (Å²) >= 11 is 6.42. The third-order valence-electron chi connectivity index (χ3n) is 6.53. The summed E-state index contributed by atoms with van der Waals surface area (Å²) in [5.41, 5.74) is 4.55. The monoisotopic (exact) mass is 502 g/mol. The molecule has 9 heteroatoms. The Labute approximate surface area is 213 Å². The van der Waals surface area contributed by atoms with E-state index in [0.717, 1.165) is 33.7 Å². The van der Waals surface area contributed by atoms with Crippen molar-refractivity contribution in [1.29, 1.82) is 0 Å². The summed E-state index contributed by atoms with van der Waals surface area (Å²) in [6, 6.07) is 18.9. The number of hydrogen-bond donors (Lipinski definition) is 1. The number of nitrogens with zero attached hydrogens (tertiary/aromatic N) is 3. The van der Waals surface area contributed by atoms with Crippen LogP contribution in [0, 0.1) is 0 Å². The highest BCUT2D eigenvalue weighted by Gasteiger charge is 2.42. The number of nitrogens with one attached hydrogen (secondary N) is 1. The van der Waals surface area contributed by atoms with Crippen LogP contribution < -0.4 is 24.3 Å². The van der Waals surface area contributed by atoms with Gasteiger partial charge in [-0.05, 0) is 48.0 Å². The lowest BCUT2D eigenvalue weighted by atomic mass is 9.84. The van der Waals surface area contributed by atoms with E-state index in [1.807, 2.05) is 65.3 Å². The Morgan fingerprint density at radius 2 is 1.69 bits per heavy atom. The average molecular weight is 503 g/mol. The second-order valence-electron chi connectivity index (χ2n) is 8.41. The van der Waals surface area contributed by atoms with Crippen LogP contribution in [0.4, 0.5) is 5.95 Å². The van der Waals surface area contributed by atoms with Crippen LogP contribution in [0.15, 0.2) is 72.6 Å². The molecule has 1 N–H and O–H groups in total. The molecule has 6 rings (SSSR count). The van der Waals surface area contributed by atoms with Gasteiger partial charge in [0.25, 0.3) is 0 Å². The average Bonchev–Trinajstić information content (AvgIpc) is 3.39. The molecule has 3 heterocycles. The van der Waals surface area contributed by atoms with Crippen molar-refractivity contribution in [3.05, 3.63) is 94.3 Å². The predicted octanol–water partition coefficient (Wildman–Crippen LogP) is 5.52. The molecule has 0 radical (unpaired) electrons. The van der Waals surface area contributed by atoms with Crippen molar-refractivity contribution in [1.82, 2.24) is 14.8 Å². The Bertz CT molecular complexity index is 1480. The molecular weight excluding hydrogens is 480 g/mol. The topological polar surface area (TPSA) is 79.7 Å². The molecule has 0 unspecified atom stereocenters. The number of hydrogen-bond acceptors (Lipinski definition) is 7. The molecule has 0 spiro atoms. The van der Waals surface area contributed by atoms with Crippen molar-refractivity contribution in [2.24, 2.45) is 0 Å². The third kappa shape index (κ3) is 3.53. The summed E-state index contributed by atoms with van der Waals surface area (Å²) in [7, 11) is 4.92. The zero-order valence-electron chi connectivity index (χ0n) is 19.9. The molecule has 0 amide bonds. The molecule has 0 saturated carbocycles. The van der Waals surface area contributed by atoms with Gasteiger partial charge in [-0.1, -0.05) is 23.7 Å². The summed E-state index contributed by atoms with van der Waals surface area (Å²) in [6.07, 6.45) is 1.05. The zero-order chi connectivity index (χ0) is 24.8. The lowest BCUT2D eigenvalue weighted by Crippen LogP contribution is -2.32. The number of methoxy groups -OCH3 is 3. The largest absolute Gasteiger partial charge is 0.497 e. The fourth-order valence-electron chi connectivity index (χ4n) is 4.84. The second-order valence-corrected chi connectivity index (χ2v) is 8.84. The van der Waals surface area contributed by atoms with Crippen LogP contribution >= 0.6 is 11.6 Å². The number of fused-ring (bicyclic) bond motifs is 3. The van der Waals surface area contributed by atoms with E-state index in [9.17, 15) is 0 Å². The van der Waals surface area contributed by atoms with Crippen LogP contribution in [0.2, 0.25) is 5.02 Å². The molecule has 2 atom stereocenters. The number of rotatable bonds is 5. The molecule has 36 heavy (non-hydrogen) atoms. The van der Waals surface area contributed by atoms with E-state index in [2.05, 4.69) is 15.4 Å². The SMILES string of the molecule is COc1ccc([C@@H]2C3=C(Nc4ncnn42)c2cc(Cl)ccc2O[C@H]3c2ccc(OC)cc2OC)cc1. The Morgan fingerprint density at radius 1 is 0.917 bits per heavy atom. The van der Waals surface area contributed by atoms with Gasteiger partial charge in [-0.3, -0.25) is 0 Å². The molecule has 0 fully saturated rings. The standard InChI is InChI=1S/C27H23ClN4O4/c1-33-17-7-4-15(5-8-17)25-23-24(31-27-29-14-30-32(25)27)20-12-16(28)6-11-21(20)36-26(23)19-10-9-18(34-2)13-22(19)35-3/h4-14,25-26H,1-3H3,(H,29,30,31)/t25-,26+/m1/s1. The molecule has 2 aliphatic heterocycles. The molecule has 3 aromatic carbocycles. The van der Waals surface area contributed by atoms with E-state index in [-0.39, 0.29) is 6.04 Å². The van der Waals surface area contributed by atoms with Crippen LogP contribution in [0.3, 0.4) is 0 Å². The number of aromatic nitrogens is 3. The highest BCUT2D eigenvalue weighted by molar-refractivity contribution is 6.30. The van der Waals surface area contributed by atoms with Gasteiger partial charge in [0.15, 0.2) is 6.10 Å². The predicted molar refractivity (Wildman–Crippen MR) is 136 cm³/mol. The summed E-state index contributed by atoms with van der Waals surface area (Å²) in [5.74, 6) is 3.45.